The monoisotopic (exact) mass is 193 g/mol. The predicted octanol–water partition coefficient (Wildman–Crippen LogP) is 0.829. The molecule has 4 nitrogen and oxygen atoms in total. The lowest BCUT2D eigenvalue weighted by Crippen LogP contribution is -2.10. The first-order valence-corrected chi connectivity index (χ1v) is 4.97. The zero-order valence-corrected chi connectivity index (χ0v) is 8.35. The molecule has 0 amide bonds. The first kappa shape index (κ1) is 9.40. The van der Waals surface area contributed by atoms with Crippen LogP contribution in [0.25, 0.3) is 0 Å². The lowest BCUT2D eigenvalue weighted by Gasteiger charge is -2.15. The molecule has 76 valence electrons. The highest BCUT2D eigenvalue weighted by Gasteiger charge is 2.12. The van der Waals surface area contributed by atoms with Crippen LogP contribution in [0.3, 0.4) is 0 Å². The zero-order valence-electron chi connectivity index (χ0n) is 8.35. The maximum atomic E-state index is 9.45. The van der Waals surface area contributed by atoms with Gasteiger partial charge in [0.05, 0.1) is 11.8 Å². The maximum absolute atomic E-state index is 9.45. The third-order valence-corrected chi connectivity index (χ3v) is 2.48. The number of nitrogens with zero attached hydrogens (tertiary/aromatic N) is 3. The Morgan fingerprint density at radius 2 is 2.50 bits per heavy atom. The Morgan fingerprint density at radius 1 is 1.64 bits per heavy atom. The van der Waals surface area contributed by atoms with Gasteiger partial charge in [0.25, 0.3) is 0 Å². The number of hydrogen-bond donors (Lipinski definition) is 1. The summed E-state index contributed by atoms with van der Waals surface area (Å²) < 4.78 is 1.70. The average molecular weight is 193 g/mol. The summed E-state index contributed by atoms with van der Waals surface area (Å²) in [6, 6.07) is 0. The molecule has 0 saturated carbocycles. The quantitative estimate of drug-likeness (QED) is 0.708. The van der Waals surface area contributed by atoms with Crippen molar-refractivity contribution < 1.29 is 5.11 Å². The maximum Gasteiger partial charge on any atom is 0.0867 e. The molecule has 1 atom stereocenters. The average Bonchev–Trinajstić information content (AvgIpc) is 2.51. The van der Waals surface area contributed by atoms with Gasteiger partial charge in [-0.05, 0) is 19.3 Å². The number of aromatic nitrogens is 3. The van der Waals surface area contributed by atoms with Gasteiger partial charge in [-0.25, -0.2) is 0 Å². The van der Waals surface area contributed by atoms with E-state index in [-0.39, 0.29) is 6.10 Å². The Balaban J connectivity index is 2.03. The van der Waals surface area contributed by atoms with E-state index in [2.05, 4.69) is 10.3 Å². The summed E-state index contributed by atoms with van der Waals surface area (Å²) in [4.78, 5) is 0. The van der Waals surface area contributed by atoms with Crippen molar-refractivity contribution >= 4 is 0 Å². The van der Waals surface area contributed by atoms with Crippen LogP contribution in [-0.4, -0.2) is 26.2 Å². The van der Waals surface area contributed by atoms with Crippen molar-refractivity contribution in [2.24, 2.45) is 7.05 Å². The van der Waals surface area contributed by atoms with E-state index in [4.69, 9.17) is 0 Å². The number of hydrogen-bond acceptors (Lipinski definition) is 3. The van der Waals surface area contributed by atoms with E-state index in [1.807, 2.05) is 19.3 Å². The Kier molecular flexibility index (Phi) is 2.63. The molecule has 0 aromatic carbocycles. The fourth-order valence-corrected chi connectivity index (χ4v) is 1.83. The van der Waals surface area contributed by atoms with Crippen LogP contribution in [0.15, 0.2) is 17.8 Å². The van der Waals surface area contributed by atoms with Crippen LogP contribution < -0.4 is 0 Å². The molecule has 1 aliphatic carbocycles. The van der Waals surface area contributed by atoms with E-state index in [1.54, 1.807) is 4.68 Å². The molecule has 1 aromatic rings. The topological polar surface area (TPSA) is 50.9 Å². The SMILES string of the molecule is Cn1cc(CC2=CC(O)CCC2)nn1. The molecule has 2 rings (SSSR count). The smallest absolute Gasteiger partial charge is 0.0867 e. The van der Waals surface area contributed by atoms with Crippen molar-refractivity contribution in [3.8, 4) is 0 Å². The Morgan fingerprint density at radius 3 is 3.14 bits per heavy atom. The fourth-order valence-electron chi connectivity index (χ4n) is 1.83. The summed E-state index contributed by atoms with van der Waals surface area (Å²) >= 11 is 0. The van der Waals surface area contributed by atoms with Gasteiger partial charge in [-0.3, -0.25) is 4.68 Å². The summed E-state index contributed by atoms with van der Waals surface area (Å²) in [5.41, 5.74) is 2.26. The standard InChI is InChI=1S/C10H15N3O/c1-13-7-9(11-12-13)5-8-3-2-4-10(14)6-8/h6-7,10,14H,2-5H2,1H3. The largest absolute Gasteiger partial charge is 0.389 e. The molecule has 14 heavy (non-hydrogen) atoms. The van der Waals surface area contributed by atoms with Crippen molar-refractivity contribution in [2.45, 2.75) is 31.8 Å². The van der Waals surface area contributed by atoms with Crippen LogP contribution in [0.5, 0.6) is 0 Å². The Hall–Kier alpha value is -1.16. The summed E-state index contributed by atoms with van der Waals surface area (Å²) in [6.45, 7) is 0. The summed E-state index contributed by atoms with van der Waals surface area (Å²) in [6.07, 6.45) is 7.49. The summed E-state index contributed by atoms with van der Waals surface area (Å²) in [5, 5.41) is 17.3. The molecule has 0 saturated heterocycles. The van der Waals surface area contributed by atoms with Crippen LogP contribution in [0.1, 0.15) is 25.0 Å². The lowest BCUT2D eigenvalue weighted by atomic mass is 9.94. The van der Waals surface area contributed by atoms with Crippen LogP contribution in [-0.2, 0) is 13.5 Å². The normalized spacial score (nSPS) is 22.1. The second-order valence-corrected chi connectivity index (χ2v) is 3.84. The van der Waals surface area contributed by atoms with E-state index in [0.717, 1.165) is 31.4 Å². The van der Waals surface area contributed by atoms with Crippen molar-refractivity contribution in [3.05, 3.63) is 23.5 Å². The van der Waals surface area contributed by atoms with E-state index >= 15 is 0 Å². The van der Waals surface area contributed by atoms with Gasteiger partial charge in [-0.1, -0.05) is 16.9 Å². The minimum atomic E-state index is -0.254. The molecule has 0 fully saturated rings. The molecule has 0 radical (unpaired) electrons. The van der Waals surface area contributed by atoms with E-state index < -0.39 is 0 Å². The molecule has 1 aromatic heterocycles. The van der Waals surface area contributed by atoms with Crippen LogP contribution in [0.2, 0.25) is 0 Å². The first-order valence-electron chi connectivity index (χ1n) is 4.97. The van der Waals surface area contributed by atoms with E-state index in [1.165, 1.54) is 5.57 Å². The molecule has 0 aliphatic heterocycles. The zero-order chi connectivity index (χ0) is 9.97. The highest BCUT2D eigenvalue weighted by molar-refractivity contribution is 5.15. The number of aliphatic hydroxyl groups excluding tert-OH is 1. The molecule has 0 bridgehead atoms. The van der Waals surface area contributed by atoms with Gasteiger partial charge in [0.1, 0.15) is 0 Å². The van der Waals surface area contributed by atoms with Gasteiger partial charge >= 0.3 is 0 Å². The van der Waals surface area contributed by atoms with Crippen LogP contribution in [0.4, 0.5) is 0 Å². The van der Waals surface area contributed by atoms with Crippen LogP contribution in [0, 0.1) is 0 Å². The van der Waals surface area contributed by atoms with Gasteiger partial charge in [0.2, 0.25) is 0 Å². The minimum absolute atomic E-state index is 0.254. The minimum Gasteiger partial charge on any atom is -0.389 e. The number of rotatable bonds is 2. The highest BCUT2D eigenvalue weighted by atomic mass is 16.3. The van der Waals surface area contributed by atoms with Crippen molar-refractivity contribution in [3.63, 3.8) is 0 Å². The molecule has 4 heteroatoms. The number of allylic oxidation sites excluding steroid dienone is 1. The van der Waals surface area contributed by atoms with E-state index in [9.17, 15) is 5.11 Å². The second-order valence-electron chi connectivity index (χ2n) is 3.84. The predicted molar refractivity (Wildman–Crippen MR) is 52.6 cm³/mol. The molecule has 0 spiro atoms. The molecule has 1 N–H and O–H groups in total. The third kappa shape index (κ3) is 2.20. The Labute approximate surface area is 83.2 Å². The molecular weight excluding hydrogens is 178 g/mol. The third-order valence-electron chi connectivity index (χ3n) is 2.48. The molecule has 1 unspecified atom stereocenters. The van der Waals surface area contributed by atoms with Crippen molar-refractivity contribution in [1.29, 1.82) is 0 Å². The van der Waals surface area contributed by atoms with Crippen LogP contribution >= 0.6 is 0 Å². The highest BCUT2D eigenvalue weighted by Crippen LogP contribution is 2.20. The molecular formula is C10H15N3O. The summed E-state index contributed by atoms with van der Waals surface area (Å²) in [5.74, 6) is 0. The van der Waals surface area contributed by atoms with Gasteiger partial charge in [-0.2, -0.15) is 0 Å². The van der Waals surface area contributed by atoms with Gasteiger partial charge in [-0.15, -0.1) is 5.10 Å². The van der Waals surface area contributed by atoms with Crippen molar-refractivity contribution in [2.75, 3.05) is 0 Å². The van der Waals surface area contributed by atoms with Gasteiger partial charge in [0, 0.05) is 19.7 Å². The number of aliphatic hydroxyl groups is 1. The summed E-state index contributed by atoms with van der Waals surface area (Å²) in [7, 11) is 1.86. The van der Waals surface area contributed by atoms with Gasteiger partial charge < -0.3 is 5.11 Å². The second kappa shape index (κ2) is 3.92. The van der Waals surface area contributed by atoms with Crippen molar-refractivity contribution in [1.82, 2.24) is 15.0 Å². The first-order chi connectivity index (χ1) is 6.74. The van der Waals surface area contributed by atoms with E-state index in [0.29, 0.717) is 0 Å². The molecule has 1 heterocycles. The lowest BCUT2D eigenvalue weighted by molar-refractivity contribution is 0.202. The Bertz CT molecular complexity index is 343. The van der Waals surface area contributed by atoms with Gasteiger partial charge in [0.15, 0.2) is 0 Å². The number of aryl methyl sites for hydroxylation is 1. The fraction of sp³-hybridized carbons (Fsp3) is 0.600. The molecule has 1 aliphatic rings.